The average molecular weight is 264 g/mol. The molecule has 2 rings (SSSR count). The van der Waals surface area contributed by atoms with Gasteiger partial charge in [-0.05, 0) is 26.0 Å². The van der Waals surface area contributed by atoms with Crippen LogP contribution in [0.2, 0.25) is 0 Å². The first-order valence-electron chi connectivity index (χ1n) is 5.62. The van der Waals surface area contributed by atoms with Gasteiger partial charge in [0.2, 0.25) is 5.76 Å². The maximum atomic E-state index is 11.7. The van der Waals surface area contributed by atoms with Gasteiger partial charge in [0, 0.05) is 10.9 Å². The minimum Gasteiger partial charge on any atom is -0.504 e. The fraction of sp³-hybridized carbons (Fsp3) is 0.231. The van der Waals surface area contributed by atoms with Gasteiger partial charge >= 0.3 is 11.9 Å². The van der Waals surface area contributed by atoms with E-state index in [-0.39, 0.29) is 34.6 Å². The minimum atomic E-state index is -1.16. The normalized spacial score (nSPS) is 10.6. The zero-order valence-electron chi connectivity index (χ0n) is 10.4. The number of fused-ring (bicyclic) bond motifs is 1. The highest BCUT2D eigenvalue weighted by molar-refractivity contribution is 6.08. The van der Waals surface area contributed by atoms with Crippen molar-refractivity contribution in [3.8, 4) is 5.75 Å². The number of carboxylic acid groups (broad SMARTS) is 1. The van der Waals surface area contributed by atoms with Gasteiger partial charge in [0.05, 0.1) is 12.2 Å². The topological polar surface area (TPSA) is 97.0 Å². The van der Waals surface area contributed by atoms with Gasteiger partial charge in [0.15, 0.2) is 11.3 Å². The molecule has 0 bridgehead atoms. The van der Waals surface area contributed by atoms with Crippen LogP contribution in [0, 0.1) is 6.92 Å². The lowest BCUT2D eigenvalue weighted by molar-refractivity contribution is 0.0491. The Balaban J connectivity index is 2.75. The first kappa shape index (κ1) is 12.9. The summed E-state index contributed by atoms with van der Waals surface area (Å²) in [6.07, 6.45) is 0. The van der Waals surface area contributed by atoms with E-state index < -0.39 is 11.9 Å². The van der Waals surface area contributed by atoms with E-state index in [1.54, 1.807) is 13.8 Å². The maximum Gasteiger partial charge on any atom is 0.374 e. The lowest BCUT2D eigenvalue weighted by Gasteiger charge is -1.99. The fourth-order valence-electron chi connectivity index (χ4n) is 1.91. The first-order valence-corrected chi connectivity index (χ1v) is 5.62. The van der Waals surface area contributed by atoms with Gasteiger partial charge in [-0.2, -0.15) is 0 Å². The minimum absolute atomic E-state index is 0.0274. The number of carboxylic acids is 1. The molecule has 1 heterocycles. The Hall–Kier alpha value is -2.50. The molecule has 6 nitrogen and oxygen atoms in total. The van der Waals surface area contributed by atoms with Crippen LogP contribution in [0.5, 0.6) is 5.75 Å². The van der Waals surface area contributed by atoms with Crippen LogP contribution in [0.1, 0.15) is 33.4 Å². The van der Waals surface area contributed by atoms with Crippen molar-refractivity contribution in [2.75, 3.05) is 6.61 Å². The molecule has 0 unspecified atom stereocenters. The van der Waals surface area contributed by atoms with E-state index in [0.717, 1.165) is 0 Å². The van der Waals surface area contributed by atoms with E-state index in [1.807, 2.05) is 0 Å². The van der Waals surface area contributed by atoms with Crippen LogP contribution in [0.4, 0.5) is 0 Å². The van der Waals surface area contributed by atoms with Crippen LogP contribution >= 0.6 is 0 Å². The van der Waals surface area contributed by atoms with Crippen molar-refractivity contribution in [2.45, 2.75) is 13.8 Å². The second kappa shape index (κ2) is 4.64. The molecule has 6 heteroatoms. The molecule has 19 heavy (non-hydrogen) atoms. The second-order valence-electron chi connectivity index (χ2n) is 3.92. The number of rotatable bonds is 3. The van der Waals surface area contributed by atoms with Gasteiger partial charge < -0.3 is 19.4 Å². The Bertz CT molecular complexity index is 667. The Morgan fingerprint density at radius 3 is 2.63 bits per heavy atom. The van der Waals surface area contributed by atoms with E-state index in [0.29, 0.717) is 5.56 Å². The molecule has 0 atom stereocenters. The number of hydrogen-bond acceptors (Lipinski definition) is 5. The number of aromatic carboxylic acids is 1. The number of phenols is 1. The molecule has 0 spiro atoms. The van der Waals surface area contributed by atoms with Gasteiger partial charge in [-0.3, -0.25) is 0 Å². The number of carbonyl (C=O) groups is 2. The molecule has 0 aliphatic rings. The molecule has 2 aromatic rings. The fourth-order valence-corrected chi connectivity index (χ4v) is 1.91. The first-order chi connectivity index (χ1) is 8.97. The lowest BCUT2D eigenvalue weighted by atomic mass is 10.1. The van der Waals surface area contributed by atoms with Gasteiger partial charge in [-0.1, -0.05) is 0 Å². The van der Waals surface area contributed by atoms with Crippen molar-refractivity contribution in [3.05, 3.63) is 29.0 Å². The Kier molecular flexibility index (Phi) is 3.16. The molecule has 100 valence electrons. The third-order valence-corrected chi connectivity index (χ3v) is 2.75. The quantitative estimate of drug-likeness (QED) is 0.826. The van der Waals surface area contributed by atoms with Crippen molar-refractivity contribution in [3.63, 3.8) is 0 Å². The summed E-state index contributed by atoms with van der Waals surface area (Å²) >= 11 is 0. The number of carbonyl (C=O) groups excluding carboxylic acids is 1. The Labute approximate surface area is 108 Å². The van der Waals surface area contributed by atoms with E-state index in [9.17, 15) is 14.7 Å². The van der Waals surface area contributed by atoms with Crippen LogP contribution in [0.25, 0.3) is 11.0 Å². The van der Waals surface area contributed by atoms with Gasteiger partial charge in [-0.25, -0.2) is 9.59 Å². The summed E-state index contributed by atoms with van der Waals surface area (Å²) in [5.74, 6) is -2.17. The van der Waals surface area contributed by atoms with Crippen LogP contribution in [-0.2, 0) is 4.74 Å². The highest BCUT2D eigenvalue weighted by atomic mass is 16.5. The summed E-state index contributed by atoms with van der Waals surface area (Å²) in [6, 6.07) is 2.47. The van der Waals surface area contributed by atoms with Crippen molar-refractivity contribution >= 4 is 22.9 Å². The van der Waals surface area contributed by atoms with Crippen LogP contribution in [-0.4, -0.2) is 28.8 Å². The van der Waals surface area contributed by atoms with Crippen LogP contribution in [0.15, 0.2) is 16.5 Å². The predicted molar refractivity (Wildman–Crippen MR) is 65.5 cm³/mol. The molecule has 1 aromatic heterocycles. The van der Waals surface area contributed by atoms with Gasteiger partial charge in [0.1, 0.15) is 0 Å². The molecule has 0 aliphatic heterocycles. The van der Waals surface area contributed by atoms with Gasteiger partial charge in [0.25, 0.3) is 0 Å². The number of aryl methyl sites for hydroxylation is 1. The number of hydrogen-bond donors (Lipinski definition) is 2. The van der Waals surface area contributed by atoms with Crippen molar-refractivity contribution in [1.29, 1.82) is 0 Å². The summed E-state index contributed by atoms with van der Waals surface area (Å²) in [5, 5.41) is 19.0. The molecule has 0 amide bonds. The zero-order valence-corrected chi connectivity index (χ0v) is 10.4. The number of benzene rings is 1. The smallest absolute Gasteiger partial charge is 0.374 e. The number of esters is 1. The van der Waals surface area contributed by atoms with Crippen molar-refractivity contribution < 1.29 is 29.0 Å². The number of furan rings is 1. The molecular formula is C13H12O6. The lowest BCUT2D eigenvalue weighted by Crippen LogP contribution is -2.04. The van der Waals surface area contributed by atoms with E-state index >= 15 is 0 Å². The molecule has 0 radical (unpaired) electrons. The highest BCUT2D eigenvalue weighted by Crippen LogP contribution is 2.34. The number of aromatic hydroxyl groups is 1. The van der Waals surface area contributed by atoms with Crippen molar-refractivity contribution in [2.24, 2.45) is 0 Å². The molecule has 0 saturated heterocycles. The Morgan fingerprint density at radius 1 is 1.37 bits per heavy atom. The predicted octanol–water partition coefficient (Wildman–Crippen LogP) is 2.32. The summed E-state index contributed by atoms with van der Waals surface area (Å²) in [7, 11) is 0. The zero-order chi connectivity index (χ0) is 14.2. The SMILES string of the molecule is CCOC(=O)c1oc2c(O)ccc(C(=O)O)c2c1C. The monoisotopic (exact) mass is 264 g/mol. The van der Waals surface area contributed by atoms with E-state index in [4.69, 9.17) is 14.3 Å². The second-order valence-corrected chi connectivity index (χ2v) is 3.92. The third kappa shape index (κ3) is 2.01. The summed E-state index contributed by atoms with van der Waals surface area (Å²) in [5.41, 5.74) is 0.270. The third-order valence-electron chi connectivity index (χ3n) is 2.75. The van der Waals surface area contributed by atoms with Crippen LogP contribution < -0.4 is 0 Å². The number of phenolic OH excluding ortho intramolecular Hbond substituents is 1. The van der Waals surface area contributed by atoms with Crippen molar-refractivity contribution in [1.82, 2.24) is 0 Å². The highest BCUT2D eigenvalue weighted by Gasteiger charge is 2.24. The Morgan fingerprint density at radius 2 is 2.05 bits per heavy atom. The molecule has 2 N–H and O–H groups in total. The molecule has 0 fully saturated rings. The molecule has 0 aliphatic carbocycles. The number of ether oxygens (including phenoxy) is 1. The molecule has 0 saturated carbocycles. The van der Waals surface area contributed by atoms with E-state index in [1.165, 1.54) is 12.1 Å². The molecular weight excluding hydrogens is 252 g/mol. The summed E-state index contributed by atoms with van der Waals surface area (Å²) in [6.45, 7) is 3.37. The largest absolute Gasteiger partial charge is 0.504 e. The van der Waals surface area contributed by atoms with Crippen LogP contribution in [0.3, 0.4) is 0 Å². The van der Waals surface area contributed by atoms with Gasteiger partial charge in [-0.15, -0.1) is 0 Å². The average Bonchev–Trinajstić information content (AvgIpc) is 2.69. The molecule has 1 aromatic carbocycles. The maximum absolute atomic E-state index is 11.7. The standard InChI is InChI=1S/C13H12O6/c1-3-18-13(17)10-6(2)9-7(12(15)16)4-5-8(14)11(9)19-10/h4-5,14H,3H2,1-2H3,(H,15,16). The van der Waals surface area contributed by atoms with E-state index in [2.05, 4.69) is 0 Å². The summed E-state index contributed by atoms with van der Waals surface area (Å²) in [4.78, 5) is 22.8. The summed E-state index contributed by atoms with van der Waals surface area (Å²) < 4.78 is 10.1.